The van der Waals surface area contributed by atoms with E-state index in [4.69, 9.17) is 4.42 Å². The monoisotopic (exact) mass is 358 g/mol. The van der Waals surface area contributed by atoms with Crippen molar-refractivity contribution in [3.63, 3.8) is 0 Å². The van der Waals surface area contributed by atoms with Crippen molar-refractivity contribution in [3.8, 4) is 0 Å². The van der Waals surface area contributed by atoms with Crippen molar-refractivity contribution in [2.75, 3.05) is 13.1 Å². The topological polar surface area (TPSA) is 72.5 Å². The number of benzene rings is 2. The Labute approximate surface area is 145 Å². The standard InChI is InChI=1S/C18H18N2O4S/c1-19-16-11-15(7-8-17(16)24-18(19)21)25(22,23)20-10-9-14(12-20)13-5-3-2-4-6-13/h2-8,11,14H,9-10,12H2,1H3/t14-/m0/s1. The molecule has 0 spiro atoms. The van der Waals surface area contributed by atoms with Crippen molar-refractivity contribution in [3.05, 3.63) is 64.6 Å². The summed E-state index contributed by atoms with van der Waals surface area (Å²) >= 11 is 0. The Morgan fingerprint density at radius 2 is 1.88 bits per heavy atom. The molecule has 2 heterocycles. The van der Waals surface area contributed by atoms with Crippen LogP contribution in [0.5, 0.6) is 0 Å². The van der Waals surface area contributed by atoms with Crippen LogP contribution >= 0.6 is 0 Å². The molecule has 4 rings (SSSR count). The molecule has 0 unspecified atom stereocenters. The molecule has 0 radical (unpaired) electrons. The van der Waals surface area contributed by atoms with Crippen LogP contribution in [0, 0.1) is 0 Å². The highest BCUT2D eigenvalue weighted by atomic mass is 32.2. The van der Waals surface area contributed by atoms with Gasteiger partial charge in [-0.05, 0) is 36.1 Å². The zero-order valence-corrected chi connectivity index (χ0v) is 14.6. The van der Waals surface area contributed by atoms with Gasteiger partial charge in [-0.15, -0.1) is 0 Å². The number of aromatic nitrogens is 1. The summed E-state index contributed by atoms with van der Waals surface area (Å²) in [5.41, 5.74) is 2.02. The van der Waals surface area contributed by atoms with Crippen molar-refractivity contribution in [1.82, 2.24) is 8.87 Å². The molecule has 0 saturated carbocycles. The largest absolute Gasteiger partial charge is 0.419 e. The van der Waals surface area contributed by atoms with E-state index in [0.717, 1.165) is 12.0 Å². The van der Waals surface area contributed by atoms with Gasteiger partial charge in [0.15, 0.2) is 5.58 Å². The maximum atomic E-state index is 13.0. The lowest BCUT2D eigenvalue weighted by atomic mass is 9.99. The minimum absolute atomic E-state index is 0.185. The molecule has 0 N–H and O–H groups in total. The van der Waals surface area contributed by atoms with Gasteiger partial charge in [0.1, 0.15) is 0 Å². The van der Waals surface area contributed by atoms with Crippen LogP contribution < -0.4 is 5.76 Å². The SMILES string of the molecule is Cn1c(=O)oc2ccc(S(=O)(=O)N3CC[C@H](c4ccccc4)C3)cc21. The minimum Gasteiger partial charge on any atom is -0.408 e. The van der Waals surface area contributed by atoms with Crippen LogP contribution in [0.2, 0.25) is 0 Å². The van der Waals surface area contributed by atoms with E-state index in [-0.39, 0.29) is 10.8 Å². The van der Waals surface area contributed by atoms with E-state index in [2.05, 4.69) is 0 Å². The molecule has 1 atom stereocenters. The third-order valence-electron chi connectivity index (χ3n) is 4.82. The van der Waals surface area contributed by atoms with Crippen LogP contribution in [0.1, 0.15) is 17.9 Å². The van der Waals surface area contributed by atoms with Gasteiger partial charge in [0.05, 0.1) is 10.4 Å². The molecule has 1 fully saturated rings. The molecule has 130 valence electrons. The van der Waals surface area contributed by atoms with E-state index in [1.54, 1.807) is 7.05 Å². The number of hydrogen-bond donors (Lipinski definition) is 0. The summed E-state index contributed by atoms with van der Waals surface area (Å²) in [5.74, 6) is -0.298. The van der Waals surface area contributed by atoms with E-state index in [0.29, 0.717) is 24.2 Å². The van der Waals surface area contributed by atoms with Gasteiger partial charge >= 0.3 is 5.76 Å². The molecule has 7 heteroatoms. The molecule has 0 amide bonds. The fourth-order valence-corrected chi connectivity index (χ4v) is 4.88. The van der Waals surface area contributed by atoms with Gasteiger partial charge in [-0.1, -0.05) is 30.3 Å². The van der Waals surface area contributed by atoms with Crippen molar-refractivity contribution in [1.29, 1.82) is 0 Å². The summed E-state index contributed by atoms with van der Waals surface area (Å²) in [4.78, 5) is 11.8. The second-order valence-corrected chi connectivity index (χ2v) is 8.25. The Kier molecular flexibility index (Phi) is 3.77. The summed E-state index contributed by atoms with van der Waals surface area (Å²) in [5, 5.41) is 0. The van der Waals surface area contributed by atoms with E-state index in [9.17, 15) is 13.2 Å². The lowest BCUT2D eigenvalue weighted by molar-refractivity contribution is 0.473. The molecule has 2 aromatic carbocycles. The van der Waals surface area contributed by atoms with Crippen LogP contribution in [-0.4, -0.2) is 30.4 Å². The molecule has 1 aliphatic heterocycles. The Morgan fingerprint density at radius 1 is 1.12 bits per heavy atom. The van der Waals surface area contributed by atoms with E-state index in [1.165, 1.54) is 27.1 Å². The Morgan fingerprint density at radius 3 is 2.64 bits per heavy atom. The highest BCUT2D eigenvalue weighted by Crippen LogP contribution is 2.31. The molecular formula is C18H18N2O4S. The number of oxazole rings is 1. The van der Waals surface area contributed by atoms with Gasteiger partial charge < -0.3 is 4.42 Å². The molecule has 1 saturated heterocycles. The van der Waals surface area contributed by atoms with E-state index < -0.39 is 15.8 Å². The van der Waals surface area contributed by atoms with Gasteiger partial charge in [0, 0.05) is 20.1 Å². The third kappa shape index (κ3) is 2.69. The second-order valence-electron chi connectivity index (χ2n) is 6.32. The van der Waals surface area contributed by atoms with E-state index in [1.807, 2.05) is 30.3 Å². The van der Waals surface area contributed by atoms with Crippen molar-refractivity contribution >= 4 is 21.1 Å². The first-order valence-corrected chi connectivity index (χ1v) is 9.55. The molecule has 1 aliphatic rings. The van der Waals surface area contributed by atoms with Gasteiger partial charge in [-0.2, -0.15) is 4.31 Å². The van der Waals surface area contributed by atoms with Crippen molar-refractivity contribution < 1.29 is 12.8 Å². The summed E-state index contributed by atoms with van der Waals surface area (Å²) in [6, 6.07) is 14.5. The average molecular weight is 358 g/mol. The molecule has 0 bridgehead atoms. The number of aryl methyl sites for hydroxylation is 1. The van der Waals surface area contributed by atoms with E-state index >= 15 is 0 Å². The quantitative estimate of drug-likeness (QED) is 0.720. The Balaban J connectivity index is 1.66. The number of fused-ring (bicyclic) bond motifs is 1. The fraction of sp³-hybridized carbons (Fsp3) is 0.278. The Bertz CT molecular complexity index is 1080. The number of sulfonamides is 1. The van der Waals surface area contributed by atoms with Crippen LogP contribution in [0.25, 0.3) is 11.1 Å². The molecule has 25 heavy (non-hydrogen) atoms. The van der Waals surface area contributed by atoms with Crippen LogP contribution in [-0.2, 0) is 17.1 Å². The lowest BCUT2D eigenvalue weighted by Gasteiger charge is -2.17. The van der Waals surface area contributed by atoms with Crippen LogP contribution in [0.3, 0.4) is 0 Å². The normalized spacial score (nSPS) is 18.8. The first kappa shape index (κ1) is 16.1. The third-order valence-corrected chi connectivity index (χ3v) is 6.68. The first-order chi connectivity index (χ1) is 12.0. The maximum absolute atomic E-state index is 13.0. The lowest BCUT2D eigenvalue weighted by Crippen LogP contribution is -2.28. The molecule has 0 aliphatic carbocycles. The zero-order chi connectivity index (χ0) is 17.6. The number of hydrogen-bond acceptors (Lipinski definition) is 4. The molecule has 3 aromatic rings. The summed E-state index contributed by atoms with van der Waals surface area (Å²) in [6.45, 7) is 0.957. The highest BCUT2D eigenvalue weighted by Gasteiger charge is 2.33. The maximum Gasteiger partial charge on any atom is 0.419 e. The van der Waals surface area contributed by atoms with Gasteiger partial charge in [0.25, 0.3) is 0 Å². The Hall–Kier alpha value is -2.38. The number of nitrogens with zero attached hydrogens (tertiary/aromatic N) is 2. The van der Waals surface area contributed by atoms with Crippen LogP contribution in [0.4, 0.5) is 0 Å². The smallest absolute Gasteiger partial charge is 0.408 e. The average Bonchev–Trinajstić information content (AvgIpc) is 3.22. The molecule has 6 nitrogen and oxygen atoms in total. The molecule has 1 aromatic heterocycles. The van der Waals surface area contributed by atoms with Gasteiger partial charge in [0.2, 0.25) is 10.0 Å². The minimum atomic E-state index is -3.60. The predicted octanol–water partition coefficient (Wildman–Crippen LogP) is 2.31. The highest BCUT2D eigenvalue weighted by molar-refractivity contribution is 7.89. The van der Waals surface area contributed by atoms with Gasteiger partial charge in [-0.25, -0.2) is 13.2 Å². The van der Waals surface area contributed by atoms with Gasteiger partial charge in [-0.3, -0.25) is 4.57 Å². The zero-order valence-electron chi connectivity index (χ0n) is 13.8. The predicted molar refractivity (Wildman–Crippen MR) is 94.0 cm³/mol. The van der Waals surface area contributed by atoms with Crippen LogP contribution in [0.15, 0.2) is 62.6 Å². The summed E-state index contributed by atoms with van der Waals surface area (Å²) < 4.78 is 33.9. The summed E-state index contributed by atoms with van der Waals surface area (Å²) in [7, 11) is -2.04. The van der Waals surface area contributed by atoms with Crippen molar-refractivity contribution in [2.45, 2.75) is 17.2 Å². The molecular weight excluding hydrogens is 340 g/mol. The fourth-order valence-electron chi connectivity index (χ4n) is 3.36. The summed E-state index contributed by atoms with van der Waals surface area (Å²) in [6.07, 6.45) is 0.801. The second kappa shape index (κ2) is 5.86. The first-order valence-electron chi connectivity index (χ1n) is 8.11. The van der Waals surface area contributed by atoms with Crippen molar-refractivity contribution in [2.24, 2.45) is 7.05 Å². The number of rotatable bonds is 3.